The first-order valence-corrected chi connectivity index (χ1v) is 4.13. The van der Waals surface area contributed by atoms with Crippen molar-refractivity contribution in [1.82, 2.24) is 4.98 Å². The first kappa shape index (κ1) is 9.60. The number of hydrogen-bond acceptors (Lipinski definition) is 2. The molecule has 1 aromatic rings. The largest absolute Gasteiger partial charge is 0.487 e. The summed E-state index contributed by atoms with van der Waals surface area (Å²) >= 11 is 0. The van der Waals surface area contributed by atoms with Crippen molar-refractivity contribution in [2.24, 2.45) is 0 Å². The van der Waals surface area contributed by atoms with Crippen molar-refractivity contribution in [3.8, 4) is 18.1 Å². The Morgan fingerprint density at radius 3 is 2.46 bits per heavy atom. The smallest absolute Gasteiger partial charge is 0.138 e. The lowest BCUT2D eigenvalue weighted by molar-refractivity contribution is 0.130. The molecule has 0 aliphatic rings. The summed E-state index contributed by atoms with van der Waals surface area (Å²) in [6, 6.07) is 3.59. The Hall–Kier alpha value is -1.49. The molecule has 2 heteroatoms. The Kier molecular flexibility index (Phi) is 2.57. The molecule has 0 spiro atoms. The molecule has 0 aliphatic heterocycles. The molecule has 0 bridgehead atoms. The van der Waals surface area contributed by atoms with Gasteiger partial charge in [-0.2, -0.15) is 0 Å². The van der Waals surface area contributed by atoms with E-state index < -0.39 is 0 Å². The fraction of sp³-hybridized carbons (Fsp3) is 0.364. The molecule has 0 unspecified atom stereocenters. The molecule has 1 heterocycles. The van der Waals surface area contributed by atoms with Gasteiger partial charge >= 0.3 is 0 Å². The third-order valence-corrected chi connectivity index (χ3v) is 1.31. The van der Waals surface area contributed by atoms with Crippen LogP contribution in [-0.4, -0.2) is 10.6 Å². The molecule has 0 aliphatic carbocycles. The highest BCUT2D eigenvalue weighted by molar-refractivity contribution is 5.29. The van der Waals surface area contributed by atoms with E-state index >= 15 is 0 Å². The van der Waals surface area contributed by atoms with Crippen molar-refractivity contribution in [2.75, 3.05) is 0 Å². The van der Waals surface area contributed by atoms with Crippen LogP contribution in [0.4, 0.5) is 0 Å². The maximum absolute atomic E-state index is 5.57. The minimum Gasteiger partial charge on any atom is -0.487 e. The number of terminal acetylenes is 1. The Morgan fingerprint density at radius 1 is 1.38 bits per heavy atom. The minimum atomic E-state index is -0.195. The summed E-state index contributed by atoms with van der Waals surface area (Å²) in [5.74, 6) is 3.19. The van der Waals surface area contributed by atoms with E-state index in [1.54, 1.807) is 12.3 Å². The van der Waals surface area contributed by atoms with Gasteiger partial charge in [-0.25, -0.2) is 4.98 Å². The summed E-state index contributed by atoms with van der Waals surface area (Å²) in [6.45, 7) is 5.96. The number of hydrogen-bond donors (Lipinski definition) is 0. The predicted octanol–water partition coefficient (Wildman–Crippen LogP) is 2.24. The lowest BCUT2D eigenvalue weighted by Crippen LogP contribution is -2.22. The summed E-state index contributed by atoms with van der Waals surface area (Å²) in [7, 11) is 0. The van der Waals surface area contributed by atoms with Crippen molar-refractivity contribution in [3.63, 3.8) is 0 Å². The molecular weight excluding hydrogens is 162 g/mol. The van der Waals surface area contributed by atoms with Gasteiger partial charge in [0.15, 0.2) is 0 Å². The molecule has 0 amide bonds. The molecule has 1 aromatic heterocycles. The molecule has 0 aromatic carbocycles. The summed E-state index contributed by atoms with van der Waals surface area (Å²) in [4.78, 5) is 4.02. The number of nitrogens with zero attached hydrogens (tertiary/aromatic N) is 1. The van der Waals surface area contributed by atoms with Crippen LogP contribution in [0.15, 0.2) is 18.3 Å². The Bertz CT molecular complexity index is 313. The lowest BCUT2D eigenvalue weighted by atomic mass is 10.2. The van der Waals surface area contributed by atoms with Gasteiger partial charge in [-0.3, -0.25) is 0 Å². The van der Waals surface area contributed by atoms with E-state index in [-0.39, 0.29) is 5.60 Å². The molecule has 13 heavy (non-hydrogen) atoms. The lowest BCUT2D eigenvalue weighted by Gasteiger charge is -2.20. The van der Waals surface area contributed by atoms with Gasteiger partial charge < -0.3 is 4.74 Å². The maximum Gasteiger partial charge on any atom is 0.138 e. The predicted molar refractivity (Wildman–Crippen MR) is 52.6 cm³/mol. The fourth-order valence-corrected chi connectivity index (χ4v) is 0.880. The van der Waals surface area contributed by atoms with Crippen molar-refractivity contribution in [3.05, 3.63) is 24.0 Å². The molecule has 0 fully saturated rings. The van der Waals surface area contributed by atoms with Gasteiger partial charge in [0.05, 0.1) is 6.20 Å². The molecule has 0 saturated carbocycles. The van der Waals surface area contributed by atoms with Crippen LogP contribution in [-0.2, 0) is 0 Å². The van der Waals surface area contributed by atoms with E-state index in [1.165, 1.54) is 0 Å². The van der Waals surface area contributed by atoms with E-state index in [9.17, 15) is 0 Å². The summed E-state index contributed by atoms with van der Waals surface area (Å²) in [5.41, 5.74) is 0.431. The highest BCUT2D eigenvalue weighted by atomic mass is 16.5. The second kappa shape index (κ2) is 3.49. The quantitative estimate of drug-likeness (QED) is 0.611. The van der Waals surface area contributed by atoms with Crippen molar-refractivity contribution in [2.45, 2.75) is 26.4 Å². The first-order chi connectivity index (χ1) is 6.01. The third kappa shape index (κ3) is 3.16. The molecule has 0 radical (unpaired) electrons. The van der Waals surface area contributed by atoms with Gasteiger partial charge in [0, 0.05) is 0 Å². The Labute approximate surface area is 79.0 Å². The van der Waals surface area contributed by atoms with E-state index in [0.717, 1.165) is 5.75 Å². The van der Waals surface area contributed by atoms with Crippen LogP contribution in [0, 0.1) is 12.3 Å². The second-order valence-corrected chi connectivity index (χ2v) is 3.74. The van der Waals surface area contributed by atoms with Crippen molar-refractivity contribution in [1.29, 1.82) is 0 Å². The van der Waals surface area contributed by atoms with Gasteiger partial charge in [-0.1, -0.05) is 5.92 Å². The number of rotatable bonds is 1. The highest BCUT2D eigenvalue weighted by Crippen LogP contribution is 2.16. The minimum absolute atomic E-state index is 0.195. The normalized spacial score (nSPS) is 10.6. The average molecular weight is 175 g/mol. The van der Waals surface area contributed by atoms with Crippen LogP contribution in [0.3, 0.4) is 0 Å². The molecule has 0 saturated heterocycles. The number of ether oxygens (including phenoxy) is 1. The molecule has 0 atom stereocenters. The zero-order chi connectivity index (χ0) is 9.90. The second-order valence-electron chi connectivity index (χ2n) is 3.74. The van der Waals surface area contributed by atoms with Gasteiger partial charge in [0.2, 0.25) is 0 Å². The van der Waals surface area contributed by atoms with E-state index in [4.69, 9.17) is 11.2 Å². The van der Waals surface area contributed by atoms with Crippen LogP contribution >= 0.6 is 0 Å². The first-order valence-electron chi connectivity index (χ1n) is 4.13. The van der Waals surface area contributed by atoms with Crippen molar-refractivity contribution < 1.29 is 4.74 Å². The molecule has 1 rings (SSSR count). The van der Waals surface area contributed by atoms with Gasteiger partial charge in [0.25, 0.3) is 0 Å². The molecule has 0 N–H and O–H groups in total. The van der Waals surface area contributed by atoms with Crippen LogP contribution in [0.1, 0.15) is 26.5 Å². The SMILES string of the molecule is C#Cc1ccc(OC(C)(C)C)cn1. The maximum atomic E-state index is 5.57. The summed E-state index contributed by atoms with van der Waals surface area (Å²) in [5, 5.41) is 0. The highest BCUT2D eigenvalue weighted by Gasteiger charge is 2.11. The Balaban J connectivity index is 2.77. The third-order valence-electron chi connectivity index (χ3n) is 1.31. The standard InChI is InChI=1S/C11H13NO/c1-5-9-6-7-10(8-12-9)13-11(2,3)4/h1,6-8H,2-4H3. The van der Waals surface area contributed by atoms with Gasteiger partial charge in [0.1, 0.15) is 17.0 Å². The molecule has 68 valence electrons. The Morgan fingerprint density at radius 2 is 2.08 bits per heavy atom. The van der Waals surface area contributed by atoms with Gasteiger partial charge in [-0.05, 0) is 32.9 Å². The van der Waals surface area contributed by atoms with Gasteiger partial charge in [-0.15, -0.1) is 6.42 Å². The van der Waals surface area contributed by atoms with E-state index in [1.807, 2.05) is 26.8 Å². The average Bonchev–Trinajstić information content (AvgIpc) is 2.03. The summed E-state index contributed by atoms with van der Waals surface area (Å²) in [6.07, 6.45) is 6.81. The fourth-order valence-electron chi connectivity index (χ4n) is 0.880. The van der Waals surface area contributed by atoms with Crippen LogP contribution in [0.2, 0.25) is 0 Å². The number of pyridine rings is 1. The monoisotopic (exact) mass is 175 g/mol. The van der Waals surface area contributed by atoms with Crippen LogP contribution < -0.4 is 4.74 Å². The zero-order valence-electron chi connectivity index (χ0n) is 8.16. The molecule has 2 nitrogen and oxygen atoms in total. The van der Waals surface area contributed by atoms with E-state index in [0.29, 0.717) is 5.69 Å². The van der Waals surface area contributed by atoms with Crippen molar-refractivity contribution >= 4 is 0 Å². The topological polar surface area (TPSA) is 22.1 Å². The molecular formula is C11H13NO. The van der Waals surface area contributed by atoms with Crippen LogP contribution in [0.5, 0.6) is 5.75 Å². The zero-order valence-corrected chi connectivity index (χ0v) is 8.16. The summed E-state index contributed by atoms with van der Waals surface area (Å²) < 4.78 is 5.57. The van der Waals surface area contributed by atoms with Crippen LogP contribution in [0.25, 0.3) is 0 Å². The number of aromatic nitrogens is 1. The van der Waals surface area contributed by atoms with E-state index in [2.05, 4.69) is 10.9 Å².